The summed E-state index contributed by atoms with van der Waals surface area (Å²) in [5.74, 6) is 0. The van der Waals surface area contributed by atoms with Crippen molar-refractivity contribution in [2.24, 2.45) is 0 Å². The van der Waals surface area contributed by atoms with Crippen molar-refractivity contribution in [3.05, 3.63) is 42.0 Å². The molecule has 0 unspecified atom stereocenters. The Morgan fingerprint density at radius 3 is 2.78 bits per heavy atom. The van der Waals surface area contributed by atoms with Crippen LogP contribution in [0.15, 0.2) is 42.0 Å². The Morgan fingerprint density at radius 1 is 0.944 bits per heavy atom. The third-order valence-corrected chi connectivity index (χ3v) is 4.56. The molecule has 0 saturated heterocycles. The monoisotopic (exact) mass is 269 g/mol. The zero-order chi connectivity index (χ0) is 11.9. The minimum atomic E-state index is 0.926. The van der Waals surface area contributed by atoms with E-state index in [1.54, 1.807) is 28.9 Å². The zero-order valence-electron chi connectivity index (χ0n) is 9.20. The number of fused-ring (bicyclic) bond motifs is 2. The summed E-state index contributed by atoms with van der Waals surface area (Å²) in [6, 6.07) is 10.1. The summed E-state index contributed by atoms with van der Waals surface area (Å²) < 4.78 is 2.34. The van der Waals surface area contributed by atoms with Crippen molar-refractivity contribution >= 4 is 43.1 Å². The van der Waals surface area contributed by atoms with Gasteiger partial charge in [-0.1, -0.05) is 6.07 Å². The van der Waals surface area contributed by atoms with Gasteiger partial charge in [0.15, 0.2) is 0 Å². The molecular formula is C13H7N3S2. The van der Waals surface area contributed by atoms with Crippen molar-refractivity contribution in [2.45, 2.75) is 0 Å². The third kappa shape index (κ3) is 1.52. The molecule has 3 aromatic heterocycles. The van der Waals surface area contributed by atoms with Gasteiger partial charge in [-0.15, -0.1) is 22.7 Å². The van der Waals surface area contributed by atoms with E-state index in [1.807, 2.05) is 23.7 Å². The van der Waals surface area contributed by atoms with Gasteiger partial charge in [0.25, 0.3) is 0 Å². The van der Waals surface area contributed by atoms with Gasteiger partial charge < -0.3 is 0 Å². The van der Waals surface area contributed by atoms with E-state index in [9.17, 15) is 0 Å². The standard InChI is InChI=1S/C13H7N3S2/c1-2-4-14-8(3-1)13-16-10-6-11-9(15-7-17-11)5-12(10)18-13/h1-7H. The van der Waals surface area contributed by atoms with E-state index in [-0.39, 0.29) is 0 Å². The Bertz CT molecular complexity index is 785. The molecule has 0 spiro atoms. The summed E-state index contributed by atoms with van der Waals surface area (Å²) in [6.45, 7) is 0. The van der Waals surface area contributed by atoms with Crippen molar-refractivity contribution in [1.82, 2.24) is 15.0 Å². The van der Waals surface area contributed by atoms with Gasteiger partial charge >= 0.3 is 0 Å². The molecule has 1 aromatic carbocycles. The lowest BCUT2D eigenvalue weighted by molar-refractivity contribution is 1.31. The highest BCUT2D eigenvalue weighted by molar-refractivity contribution is 7.22. The Balaban J connectivity index is 1.98. The average molecular weight is 269 g/mol. The van der Waals surface area contributed by atoms with E-state index < -0.39 is 0 Å². The molecule has 0 amide bonds. The molecule has 0 saturated carbocycles. The number of thiazole rings is 2. The van der Waals surface area contributed by atoms with Gasteiger partial charge in [-0.05, 0) is 24.3 Å². The number of hydrogen-bond acceptors (Lipinski definition) is 5. The molecule has 0 aliphatic carbocycles. The molecule has 0 aliphatic heterocycles. The first-order chi connectivity index (χ1) is 8.90. The zero-order valence-corrected chi connectivity index (χ0v) is 10.8. The van der Waals surface area contributed by atoms with Crippen molar-refractivity contribution < 1.29 is 0 Å². The fourth-order valence-corrected chi connectivity index (χ4v) is 3.53. The molecule has 4 rings (SSSR count). The largest absolute Gasteiger partial charge is 0.254 e. The number of rotatable bonds is 1. The maximum absolute atomic E-state index is 4.65. The van der Waals surface area contributed by atoms with Gasteiger partial charge in [0, 0.05) is 6.20 Å². The van der Waals surface area contributed by atoms with Crippen LogP contribution in [-0.2, 0) is 0 Å². The van der Waals surface area contributed by atoms with Gasteiger partial charge in [-0.2, -0.15) is 0 Å². The first kappa shape index (κ1) is 10.1. The third-order valence-electron chi connectivity index (χ3n) is 2.72. The number of nitrogens with zero attached hydrogens (tertiary/aromatic N) is 3. The number of hydrogen-bond donors (Lipinski definition) is 0. The predicted octanol–water partition coefficient (Wildman–Crippen LogP) is 3.97. The van der Waals surface area contributed by atoms with Crippen LogP contribution in [0.2, 0.25) is 0 Å². The van der Waals surface area contributed by atoms with Crippen molar-refractivity contribution in [2.75, 3.05) is 0 Å². The van der Waals surface area contributed by atoms with Crippen molar-refractivity contribution in [3.8, 4) is 10.7 Å². The van der Waals surface area contributed by atoms with E-state index in [4.69, 9.17) is 0 Å². The minimum Gasteiger partial charge on any atom is -0.254 e. The molecule has 0 N–H and O–H groups in total. The molecule has 18 heavy (non-hydrogen) atoms. The van der Waals surface area contributed by atoms with Crippen LogP contribution in [0.5, 0.6) is 0 Å². The van der Waals surface area contributed by atoms with Gasteiger partial charge in [-0.3, -0.25) is 4.98 Å². The van der Waals surface area contributed by atoms with Crippen LogP contribution in [0.1, 0.15) is 0 Å². The van der Waals surface area contributed by atoms with E-state index in [0.717, 1.165) is 26.4 Å². The van der Waals surface area contributed by atoms with Crippen LogP contribution in [0.4, 0.5) is 0 Å². The van der Waals surface area contributed by atoms with E-state index in [2.05, 4.69) is 27.1 Å². The first-order valence-corrected chi connectivity index (χ1v) is 7.15. The molecule has 3 heterocycles. The molecule has 0 radical (unpaired) electrons. The number of pyridine rings is 1. The van der Waals surface area contributed by atoms with Crippen LogP contribution in [0.25, 0.3) is 31.1 Å². The van der Waals surface area contributed by atoms with Crippen LogP contribution in [0, 0.1) is 0 Å². The molecule has 5 heteroatoms. The second-order valence-electron chi connectivity index (χ2n) is 3.87. The Hall–Kier alpha value is -1.85. The number of benzene rings is 1. The summed E-state index contributed by atoms with van der Waals surface area (Å²) in [6.07, 6.45) is 1.79. The van der Waals surface area contributed by atoms with E-state index in [1.165, 1.54) is 4.70 Å². The highest BCUT2D eigenvalue weighted by atomic mass is 32.1. The topological polar surface area (TPSA) is 38.7 Å². The average Bonchev–Trinajstić information content (AvgIpc) is 3.01. The highest BCUT2D eigenvalue weighted by Crippen LogP contribution is 2.32. The smallest absolute Gasteiger partial charge is 0.143 e. The van der Waals surface area contributed by atoms with Gasteiger partial charge in [0.2, 0.25) is 0 Å². The van der Waals surface area contributed by atoms with Crippen molar-refractivity contribution in [1.29, 1.82) is 0 Å². The molecule has 4 aromatic rings. The summed E-state index contributed by atoms with van der Waals surface area (Å²) in [7, 11) is 0. The lowest BCUT2D eigenvalue weighted by Crippen LogP contribution is -1.79. The molecule has 0 aliphatic rings. The van der Waals surface area contributed by atoms with Crippen LogP contribution >= 0.6 is 22.7 Å². The summed E-state index contributed by atoms with van der Waals surface area (Å²) in [5, 5.41) is 0.961. The SMILES string of the molecule is c1ccc(-c2nc3cc4scnc4cc3s2)nc1. The molecule has 0 atom stereocenters. The van der Waals surface area contributed by atoms with E-state index in [0.29, 0.717) is 0 Å². The van der Waals surface area contributed by atoms with Gasteiger partial charge in [0.05, 0.1) is 31.6 Å². The van der Waals surface area contributed by atoms with E-state index >= 15 is 0 Å². The summed E-state index contributed by atoms with van der Waals surface area (Å²) in [4.78, 5) is 13.3. The lowest BCUT2D eigenvalue weighted by Gasteiger charge is -1.91. The Morgan fingerprint density at radius 2 is 1.89 bits per heavy atom. The molecule has 0 fully saturated rings. The quantitative estimate of drug-likeness (QED) is 0.525. The maximum atomic E-state index is 4.65. The Labute approximate surface area is 111 Å². The molecular weight excluding hydrogens is 262 g/mol. The minimum absolute atomic E-state index is 0.926. The highest BCUT2D eigenvalue weighted by Gasteiger charge is 2.08. The fourth-order valence-electron chi connectivity index (χ4n) is 1.88. The van der Waals surface area contributed by atoms with Crippen LogP contribution < -0.4 is 0 Å². The van der Waals surface area contributed by atoms with Gasteiger partial charge in [-0.25, -0.2) is 9.97 Å². The van der Waals surface area contributed by atoms with Crippen LogP contribution in [0.3, 0.4) is 0 Å². The molecule has 86 valence electrons. The second kappa shape index (κ2) is 3.83. The summed E-state index contributed by atoms with van der Waals surface area (Å²) >= 11 is 3.30. The van der Waals surface area contributed by atoms with Gasteiger partial charge in [0.1, 0.15) is 5.01 Å². The molecule has 0 bridgehead atoms. The second-order valence-corrected chi connectivity index (χ2v) is 5.79. The predicted molar refractivity (Wildman–Crippen MR) is 76.0 cm³/mol. The van der Waals surface area contributed by atoms with Crippen molar-refractivity contribution in [3.63, 3.8) is 0 Å². The molecule has 3 nitrogen and oxygen atoms in total. The van der Waals surface area contributed by atoms with Crippen LogP contribution in [-0.4, -0.2) is 15.0 Å². The summed E-state index contributed by atoms with van der Waals surface area (Å²) in [5.41, 5.74) is 4.87. The normalized spacial score (nSPS) is 11.3. The maximum Gasteiger partial charge on any atom is 0.143 e. The lowest BCUT2D eigenvalue weighted by atomic mass is 10.3. The number of aromatic nitrogens is 3. The fraction of sp³-hybridized carbons (Fsp3) is 0. The first-order valence-electron chi connectivity index (χ1n) is 5.45. The Kier molecular flexibility index (Phi) is 2.15.